The van der Waals surface area contributed by atoms with E-state index in [2.05, 4.69) is 0 Å². The van der Waals surface area contributed by atoms with Gasteiger partial charge in [-0.05, 0) is 18.6 Å². The first kappa shape index (κ1) is 14.7. The predicted molar refractivity (Wildman–Crippen MR) is 74.0 cm³/mol. The summed E-state index contributed by atoms with van der Waals surface area (Å²) in [6, 6.07) is 4.40. The second-order valence-corrected chi connectivity index (χ2v) is 5.16. The van der Waals surface area contributed by atoms with E-state index in [9.17, 15) is 14.9 Å². The Labute approximate surface area is 121 Å². The minimum atomic E-state index is -0.613. The molecule has 0 aliphatic carbocycles. The molecule has 0 bridgehead atoms. The number of nitro benzene ring substituents is 1. The van der Waals surface area contributed by atoms with Gasteiger partial charge in [0.1, 0.15) is 10.6 Å². The predicted octanol–water partition coefficient (Wildman–Crippen LogP) is 2.36. The quantitative estimate of drug-likeness (QED) is 0.632. The van der Waals surface area contributed by atoms with E-state index in [0.29, 0.717) is 19.7 Å². The highest BCUT2D eigenvalue weighted by molar-refractivity contribution is 6.33. The van der Waals surface area contributed by atoms with Crippen molar-refractivity contribution >= 4 is 23.2 Å². The Balaban J connectivity index is 2.22. The fourth-order valence-corrected chi connectivity index (χ4v) is 2.68. The largest absolute Gasteiger partial charge is 0.384 e. The summed E-state index contributed by atoms with van der Waals surface area (Å²) in [5.74, 6) is -0.0695. The van der Waals surface area contributed by atoms with Gasteiger partial charge in [0.25, 0.3) is 5.91 Å². The average molecular weight is 299 g/mol. The summed E-state index contributed by atoms with van der Waals surface area (Å²) in [6.07, 6.45) is 0.841. The minimum Gasteiger partial charge on any atom is -0.384 e. The molecular weight excluding hydrogens is 284 g/mol. The van der Waals surface area contributed by atoms with Gasteiger partial charge in [-0.15, -0.1) is 0 Å². The van der Waals surface area contributed by atoms with Gasteiger partial charge in [-0.2, -0.15) is 0 Å². The number of amides is 1. The number of benzene rings is 1. The molecular formula is C13H15ClN2O4. The monoisotopic (exact) mass is 298 g/mol. The number of nitro groups is 1. The van der Waals surface area contributed by atoms with Crippen molar-refractivity contribution in [3.8, 4) is 0 Å². The van der Waals surface area contributed by atoms with Crippen molar-refractivity contribution < 1.29 is 14.5 Å². The van der Waals surface area contributed by atoms with Crippen molar-refractivity contribution in [2.24, 2.45) is 5.92 Å². The third-order valence-corrected chi connectivity index (χ3v) is 3.68. The maximum absolute atomic E-state index is 12.4. The van der Waals surface area contributed by atoms with Gasteiger partial charge in [0.05, 0.1) is 11.5 Å². The van der Waals surface area contributed by atoms with E-state index in [1.54, 1.807) is 18.1 Å². The topological polar surface area (TPSA) is 72.7 Å². The SMILES string of the molecule is COCC1CCN(C(=O)c2cccc(Cl)c2[N+](=O)[O-])C1. The molecule has 1 fully saturated rings. The molecule has 0 N–H and O–H groups in total. The van der Waals surface area contributed by atoms with E-state index in [0.717, 1.165) is 6.42 Å². The number of ether oxygens (including phenoxy) is 1. The molecule has 20 heavy (non-hydrogen) atoms. The number of hydrogen-bond donors (Lipinski definition) is 0. The number of rotatable bonds is 4. The fourth-order valence-electron chi connectivity index (χ4n) is 2.43. The summed E-state index contributed by atoms with van der Waals surface area (Å²) in [7, 11) is 1.62. The van der Waals surface area contributed by atoms with Gasteiger partial charge in [-0.3, -0.25) is 14.9 Å². The van der Waals surface area contributed by atoms with E-state index >= 15 is 0 Å². The smallest absolute Gasteiger partial charge is 0.300 e. The van der Waals surface area contributed by atoms with Crippen LogP contribution in [0.25, 0.3) is 0 Å². The lowest BCUT2D eigenvalue weighted by molar-refractivity contribution is -0.385. The molecule has 1 aromatic carbocycles. The molecule has 6 nitrogen and oxygen atoms in total. The molecule has 1 heterocycles. The summed E-state index contributed by atoms with van der Waals surface area (Å²) in [5.41, 5.74) is -0.282. The van der Waals surface area contributed by atoms with Gasteiger partial charge in [0.2, 0.25) is 0 Å². The Morgan fingerprint density at radius 2 is 2.35 bits per heavy atom. The van der Waals surface area contributed by atoms with Crippen LogP contribution >= 0.6 is 11.6 Å². The van der Waals surface area contributed by atoms with E-state index in [1.165, 1.54) is 12.1 Å². The molecule has 0 spiro atoms. The molecule has 1 unspecified atom stereocenters. The Morgan fingerprint density at radius 3 is 3.00 bits per heavy atom. The van der Waals surface area contributed by atoms with Gasteiger partial charge < -0.3 is 9.64 Å². The van der Waals surface area contributed by atoms with Crippen LogP contribution in [-0.2, 0) is 4.74 Å². The minimum absolute atomic E-state index is 0.0199. The average Bonchev–Trinajstić information content (AvgIpc) is 2.86. The second kappa shape index (κ2) is 6.19. The van der Waals surface area contributed by atoms with Crippen LogP contribution in [0.4, 0.5) is 5.69 Å². The third-order valence-electron chi connectivity index (χ3n) is 3.38. The first-order chi connectivity index (χ1) is 9.54. The number of methoxy groups -OCH3 is 1. The highest BCUT2D eigenvalue weighted by atomic mass is 35.5. The number of halogens is 1. The standard InChI is InChI=1S/C13H15ClN2O4/c1-20-8-9-5-6-15(7-9)13(17)10-3-2-4-11(14)12(10)16(18)19/h2-4,9H,5-8H2,1H3. The number of carbonyl (C=O) groups excluding carboxylic acids is 1. The molecule has 1 aromatic rings. The Hall–Kier alpha value is -1.66. The molecule has 0 aromatic heterocycles. The van der Waals surface area contributed by atoms with E-state index in [1.807, 2.05) is 0 Å². The lowest BCUT2D eigenvalue weighted by Crippen LogP contribution is -2.29. The lowest BCUT2D eigenvalue weighted by atomic mass is 10.1. The fraction of sp³-hybridized carbons (Fsp3) is 0.462. The highest BCUT2D eigenvalue weighted by Gasteiger charge is 2.31. The number of para-hydroxylation sites is 1. The Morgan fingerprint density at radius 1 is 1.60 bits per heavy atom. The van der Waals surface area contributed by atoms with Gasteiger partial charge in [0.15, 0.2) is 0 Å². The summed E-state index contributed by atoms with van der Waals surface area (Å²) in [4.78, 5) is 24.5. The van der Waals surface area contributed by atoms with E-state index < -0.39 is 4.92 Å². The first-order valence-electron chi connectivity index (χ1n) is 6.25. The Bertz CT molecular complexity index is 535. The molecule has 1 aliphatic rings. The van der Waals surface area contributed by atoms with Crippen LogP contribution in [0.1, 0.15) is 16.8 Å². The maximum Gasteiger partial charge on any atom is 0.300 e. The summed E-state index contributed by atoms with van der Waals surface area (Å²) in [5, 5.41) is 11.0. The van der Waals surface area contributed by atoms with Crippen molar-refractivity contribution in [1.82, 2.24) is 4.90 Å². The number of likely N-dealkylation sites (tertiary alicyclic amines) is 1. The van der Waals surface area contributed by atoms with Crippen LogP contribution in [-0.4, -0.2) is 42.5 Å². The Kier molecular flexibility index (Phi) is 4.57. The van der Waals surface area contributed by atoms with Crippen molar-refractivity contribution in [2.75, 3.05) is 26.8 Å². The van der Waals surface area contributed by atoms with Crippen molar-refractivity contribution in [3.05, 3.63) is 38.9 Å². The molecule has 108 valence electrons. The second-order valence-electron chi connectivity index (χ2n) is 4.75. The molecule has 1 aliphatic heterocycles. The first-order valence-corrected chi connectivity index (χ1v) is 6.63. The normalized spacial score (nSPS) is 18.3. The van der Waals surface area contributed by atoms with Crippen molar-refractivity contribution in [2.45, 2.75) is 6.42 Å². The van der Waals surface area contributed by atoms with E-state index in [4.69, 9.17) is 16.3 Å². The molecule has 7 heteroatoms. The molecule has 0 radical (unpaired) electrons. The van der Waals surface area contributed by atoms with Gasteiger partial charge in [-0.25, -0.2) is 0 Å². The summed E-state index contributed by atoms with van der Waals surface area (Å²) >= 11 is 5.82. The van der Waals surface area contributed by atoms with Crippen LogP contribution in [0.5, 0.6) is 0 Å². The van der Waals surface area contributed by atoms with Crippen LogP contribution in [0.15, 0.2) is 18.2 Å². The lowest BCUT2D eigenvalue weighted by Gasteiger charge is -2.16. The molecule has 1 saturated heterocycles. The summed E-state index contributed by atoms with van der Waals surface area (Å²) < 4.78 is 5.07. The van der Waals surface area contributed by atoms with E-state index in [-0.39, 0.29) is 28.1 Å². The third kappa shape index (κ3) is 2.91. The highest BCUT2D eigenvalue weighted by Crippen LogP contribution is 2.30. The van der Waals surface area contributed by atoms with Gasteiger partial charge in [0, 0.05) is 26.1 Å². The van der Waals surface area contributed by atoms with Gasteiger partial charge >= 0.3 is 5.69 Å². The molecule has 1 atom stereocenters. The van der Waals surface area contributed by atoms with Crippen LogP contribution in [0, 0.1) is 16.0 Å². The van der Waals surface area contributed by atoms with Crippen LogP contribution in [0.2, 0.25) is 5.02 Å². The molecule has 1 amide bonds. The zero-order chi connectivity index (χ0) is 14.7. The maximum atomic E-state index is 12.4. The van der Waals surface area contributed by atoms with Crippen molar-refractivity contribution in [3.63, 3.8) is 0 Å². The van der Waals surface area contributed by atoms with Crippen molar-refractivity contribution in [1.29, 1.82) is 0 Å². The number of carbonyl (C=O) groups is 1. The zero-order valence-electron chi connectivity index (χ0n) is 11.0. The summed E-state index contributed by atoms with van der Waals surface area (Å²) in [6.45, 7) is 1.72. The zero-order valence-corrected chi connectivity index (χ0v) is 11.8. The van der Waals surface area contributed by atoms with Gasteiger partial charge in [-0.1, -0.05) is 17.7 Å². The number of nitrogens with zero attached hydrogens (tertiary/aromatic N) is 2. The van der Waals surface area contributed by atoms with Crippen LogP contribution in [0.3, 0.4) is 0 Å². The number of hydrogen-bond acceptors (Lipinski definition) is 4. The van der Waals surface area contributed by atoms with Crippen LogP contribution < -0.4 is 0 Å². The molecule has 2 rings (SSSR count). The molecule has 0 saturated carbocycles.